The number of aldehydes is 1. The van der Waals surface area contributed by atoms with E-state index in [0.29, 0.717) is 0 Å². The quantitative estimate of drug-likeness (QED) is 0.270. The Hall–Kier alpha value is -4.11. The molecule has 0 bridgehead atoms. The number of carbonyl (C=O) groups is 1. The first-order valence-electron chi connectivity index (χ1n) is 10.1. The van der Waals surface area contributed by atoms with Crippen LogP contribution in [-0.4, -0.2) is 18.7 Å². The van der Waals surface area contributed by atoms with Crippen molar-refractivity contribution in [2.24, 2.45) is 9.98 Å². The van der Waals surface area contributed by atoms with Crippen LogP contribution in [0.4, 0.5) is 0 Å². The molecule has 0 saturated carbocycles. The minimum Gasteiger partial charge on any atom is -0.298 e. The van der Waals surface area contributed by atoms with Crippen LogP contribution in [0.3, 0.4) is 0 Å². The van der Waals surface area contributed by atoms with Crippen LogP contribution in [0.15, 0.2) is 131 Å². The molecule has 0 heterocycles. The van der Waals surface area contributed by atoms with Crippen LogP contribution in [0.25, 0.3) is 0 Å². The van der Waals surface area contributed by atoms with Crippen molar-refractivity contribution in [2.45, 2.75) is 6.17 Å². The van der Waals surface area contributed by atoms with Crippen molar-refractivity contribution < 1.29 is 4.79 Å². The minimum atomic E-state index is -0.239. The fourth-order valence-electron chi connectivity index (χ4n) is 2.76. The topological polar surface area (TPSA) is 41.8 Å². The fraction of sp³-hybridized carbons (Fsp3) is 0.0357. The molecule has 0 N–H and O–H groups in total. The van der Waals surface area contributed by atoms with Gasteiger partial charge in [-0.2, -0.15) is 0 Å². The summed E-state index contributed by atoms with van der Waals surface area (Å²) >= 11 is 0. The molecule has 0 aliphatic heterocycles. The molecular weight excluding hydrogens is 380 g/mol. The van der Waals surface area contributed by atoms with E-state index in [1.807, 2.05) is 109 Å². The predicted octanol–water partition coefficient (Wildman–Crippen LogP) is 6.42. The summed E-state index contributed by atoms with van der Waals surface area (Å²) in [5.74, 6) is 0. The van der Waals surface area contributed by atoms with E-state index in [9.17, 15) is 4.79 Å². The molecule has 3 heteroatoms. The predicted molar refractivity (Wildman–Crippen MR) is 129 cm³/mol. The molecule has 0 fully saturated rings. The Kier molecular flexibility index (Phi) is 8.67. The van der Waals surface area contributed by atoms with Gasteiger partial charge in [-0.05, 0) is 16.7 Å². The monoisotopic (exact) mass is 404 g/mol. The first-order chi connectivity index (χ1) is 15.3. The van der Waals surface area contributed by atoms with Gasteiger partial charge in [0.25, 0.3) is 0 Å². The molecule has 31 heavy (non-hydrogen) atoms. The normalized spacial score (nSPS) is 11.6. The van der Waals surface area contributed by atoms with Gasteiger partial charge in [0.1, 0.15) is 6.29 Å². The lowest BCUT2D eigenvalue weighted by Gasteiger charge is -2.07. The Labute approximate surface area is 183 Å². The highest BCUT2D eigenvalue weighted by atomic mass is 16.1. The number of hydrogen-bond donors (Lipinski definition) is 0. The molecule has 0 aromatic heterocycles. The second-order valence-corrected chi connectivity index (χ2v) is 6.69. The molecule has 3 nitrogen and oxygen atoms in total. The molecule has 0 aliphatic rings. The number of hydrogen-bond acceptors (Lipinski definition) is 3. The van der Waals surface area contributed by atoms with Crippen molar-refractivity contribution in [3.63, 3.8) is 0 Å². The fourth-order valence-corrected chi connectivity index (χ4v) is 2.76. The van der Waals surface area contributed by atoms with E-state index >= 15 is 0 Å². The van der Waals surface area contributed by atoms with Gasteiger partial charge in [-0.25, -0.2) is 0 Å². The molecule has 0 radical (unpaired) electrons. The molecule has 4 aromatic carbocycles. The van der Waals surface area contributed by atoms with E-state index in [1.165, 1.54) is 0 Å². The minimum absolute atomic E-state index is 0.239. The highest BCUT2D eigenvalue weighted by molar-refractivity contribution is 5.81. The lowest BCUT2D eigenvalue weighted by molar-refractivity contribution is 0.112. The Morgan fingerprint density at radius 1 is 0.484 bits per heavy atom. The first kappa shape index (κ1) is 21.6. The van der Waals surface area contributed by atoms with E-state index in [1.54, 1.807) is 12.1 Å². The van der Waals surface area contributed by atoms with Gasteiger partial charge in [-0.15, -0.1) is 0 Å². The van der Waals surface area contributed by atoms with Crippen LogP contribution in [0.1, 0.15) is 33.2 Å². The van der Waals surface area contributed by atoms with Gasteiger partial charge in [-0.1, -0.05) is 121 Å². The summed E-state index contributed by atoms with van der Waals surface area (Å²) < 4.78 is 0. The number of rotatable bonds is 6. The van der Waals surface area contributed by atoms with E-state index in [-0.39, 0.29) is 6.17 Å². The first-order valence-corrected chi connectivity index (χ1v) is 10.1. The van der Waals surface area contributed by atoms with Crippen LogP contribution < -0.4 is 0 Å². The molecule has 4 aromatic rings. The maximum absolute atomic E-state index is 10.0. The van der Waals surface area contributed by atoms with Crippen molar-refractivity contribution in [3.05, 3.63) is 144 Å². The Balaban J connectivity index is 0.000000287. The lowest BCUT2D eigenvalue weighted by Crippen LogP contribution is -1.94. The molecule has 152 valence electrons. The third kappa shape index (κ3) is 7.67. The van der Waals surface area contributed by atoms with Crippen molar-refractivity contribution in [1.29, 1.82) is 0 Å². The second-order valence-electron chi connectivity index (χ2n) is 6.69. The Bertz CT molecular complexity index is 1030. The molecule has 0 saturated heterocycles. The van der Waals surface area contributed by atoms with Gasteiger partial charge >= 0.3 is 0 Å². The van der Waals surface area contributed by atoms with Crippen LogP contribution >= 0.6 is 0 Å². The highest BCUT2D eigenvalue weighted by Crippen LogP contribution is 2.18. The SMILES string of the molecule is C(=NC(N=Cc1ccccc1)c1ccccc1)c1ccccc1.O=Cc1ccccc1. The van der Waals surface area contributed by atoms with E-state index < -0.39 is 0 Å². The van der Waals surface area contributed by atoms with E-state index in [2.05, 4.69) is 22.1 Å². The average Bonchev–Trinajstić information content (AvgIpc) is 2.87. The summed E-state index contributed by atoms with van der Waals surface area (Å²) in [5.41, 5.74) is 3.95. The van der Waals surface area contributed by atoms with Gasteiger partial charge in [0.2, 0.25) is 0 Å². The standard InChI is InChI=1S/C21H18N2.C7H6O/c1-4-10-18(11-5-1)16-22-21(20-14-8-3-9-15-20)23-17-19-12-6-2-7-13-19;8-6-7-4-2-1-3-5-7/h1-17,21H;1-6H. The van der Waals surface area contributed by atoms with Crippen molar-refractivity contribution >= 4 is 18.7 Å². The van der Waals surface area contributed by atoms with Gasteiger partial charge in [0.15, 0.2) is 6.17 Å². The summed E-state index contributed by atoms with van der Waals surface area (Å²) in [6, 6.07) is 39.4. The zero-order valence-corrected chi connectivity index (χ0v) is 17.2. The molecular formula is C28H24N2O. The molecule has 0 atom stereocenters. The van der Waals surface area contributed by atoms with Gasteiger partial charge in [0.05, 0.1) is 0 Å². The lowest BCUT2D eigenvalue weighted by atomic mass is 10.1. The number of aliphatic imine (C=N–C) groups is 2. The maximum Gasteiger partial charge on any atom is 0.165 e. The van der Waals surface area contributed by atoms with Gasteiger partial charge < -0.3 is 0 Å². The molecule has 4 rings (SSSR count). The zero-order chi connectivity index (χ0) is 21.6. The summed E-state index contributed by atoms with van der Waals surface area (Å²) in [4.78, 5) is 19.3. The maximum atomic E-state index is 10.0. The van der Waals surface area contributed by atoms with Gasteiger partial charge in [0, 0.05) is 18.0 Å². The summed E-state index contributed by atoms with van der Waals surface area (Å²) in [6.45, 7) is 0. The van der Waals surface area contributed by atoms with Crippen LogP contribution in [0.5, 0.6) is 0 Å². The smallest absolute Gasteiger partial charge is 0.165 e. The second kappa shape index (κ2) is 12.5. The number of carbonyl (C=O) groups excluding carboxylic acids is 1. The Morgan fingerprint density at radius 2 is 0.839 bits per heavy atom. The third-order valence-corrected chi connectivity index (χ3v) is 4.36. The van der Waals surface area contributed by atoms with Crippen molar-refractivity contribution in [1.82, 2.24) is 0 Å². The average molecular weight is 405 g/mol. The van der Waals surface area contributed by atoms with E-state index in [0.717, 1.165) is 28.5 Å². The molecule has 0 unspecified atom stereocenters. The van der Waals surface area contributed by atoms with Crippen LogP contribution in [0.2, 0.25) is 0 Å². The molecule has 0 aliphatic carbocycles. The van der Waals surface area contributed by atoms with E-state index in [4.69, 9.17) is 0 Å². The summed E-state index contributed by atoms with van der Waals surface area (Å²) in [7, 11) is 0. The third-order valence-electron chi connectivity index (χ3n) is 4.36. The highest BCUT2D eigenvalue weighted by Gasteiger charge is 2.05. The van der Waals surface area contributed by atoms with Crippen LogP contribution in [-0.2, 0) is 0 Å². The largest absolute Gasteiger partial charge is 0.298 e. The van der Waals surface area contributed by atoms with Crippen LogP contribution in [0, 0.1) is 0 Å². The Morgan fingerprint density at radius 3 is 1.19 bits per heavy atom. The molecule has 0 spiro atoms. The number of nitrogens with zero attached hydrogens (tertiary/aromatic N) is 2. The zero-order valence-electron chi connectivity index (χ0n) is 17.2. The van der Waals surface area contributed by atoms with Gasteiger partial charge in [-0.3, -0.25) is 14.8 Å². The van der Waals surface area contributed by atoms with Crippen molar-refractivity contribution in [3.8, 4) is 0 Å². The summed E-state index contributed by atoms with van der Waals surface area (Å²) in [5, 5.41) is 0. The summed E-state index contributed by atoms with van der Waals surface area (Å²) in [6.07, 6.45) is 4.34. The van der Waals surface area contributed by atoms with Crippen molar-refractivity contribution in [2.75, 3.05) is 0 Å². The molecule has 0 amide bonds. The number of benzene rings is 4.